The summed E-state index contributed by atoms with van der Waals surface area (Å²) in [5, 5.41) is 2.75. The molecule has 0 atom stereocenters. The van der Waals surface area contributed by atoms with Crippen LogP contribution < -0.4 is 0 Å². The molecule has 0 nitrogen and oxygen atoms in total. The maximum absolute atomic E-state index is 6.01. The first-order valence-electron chi connectivity index (χ1n) is 5.69. The molecular weight excluding hydrogens is 366 g/mol. The van der Waals surface area contributed by atoms with Crippen LogP contribution in [0.3, 0.4) is 0 Å². The van der Waals surface area contributed by atoms with Crippen molar-refractivity contribution in [3.05, 3.63) is 9.95 Å². The monoisotopic (exact) mass is 390 g/mol. The standard InChI is InChI=1S/C12H23Se2.Cu/c1-4-6-8-10-13-12(3)14-11-9-7-5-2;/h3H,4-11H2,1-2H3;/q-1;+1. The third-order valence-corrected chi connectivity index (χ3v) is 7.82. The molecule has 0 rings (SSSR count). The van der Waals surface area contributed by atoms with Gasteiger partial charge in [-0.2, -0.15) is 0 Å². The van der Waals surface area contributed by atoms with Crippen molar-refractivity contribution in [1.29, 1.82) is 0 Å². The van der Waals surface area contributed by atoms with Gasteiger partial charge in [0.05, 0.1) is 0 Å². The second-order valence-corrected chi connectivity index (χ2v) is 9.51. The van der Waals surface area contributed by atoms with E-state index in [0.29, 0.717) is 29.9 Å². The summed E-state index contributed by atoms with van der Waals surface area (Å²) in [7, 11) is 0. The normalized spacial score (nSPS) is 9.73. The zero-order valence-electron chi connectivity index (χ0n) is 9.85. The molecule has 15 heavy (non-hydrogen) atoms. The molecule has 0 aromatic carbocycles. The van der Waals surface area contributed by atoms with Crippen LogP contribution in [-0.4, -0.2) is 29.9 Å². The summed E-state index contributed by atoms with van der Waals surface area (Å²) < 4.78 is 1.36. The van der Waals surface area contributed by atoms with Crippen LogP contribution in [0.25, 0.3) is 0 Å². The molecule has 0 N–H and O–H groups in total. The van der Waals surface area contributed by atoms with E-state index in [0.717, 1.165) is 0 Å². The molecule has 0 amide bonds. The molecule has 0 unspecified atom stereocenters. The van der Waals surface area contributed by atoms with E-state index < -0.39 is 0 Å². The molecule has 0 aliphatic heterocycles. The minimum atomic E-state index is 0. The Morgan fingerprint density at radius 1 is 0.867 bits per heavy atom. The fourth-order valence-electron chi connectivity index (χ4n) is 1.09. The van der Waals surface area contributed by atoms with E-state index in [9.17, 15) is 0 Å². The fourth-order valence-corrected chi connectivity index (χ4v) is 6.30. The summed E-state index contributed by atoms with van der Waals surface area (Å²) in [5.41, 5.74) is 0. The summed E-state index contributed by atoms with van der Waals surface area (Å²) in [6.07, 6.45) is 8.22. The van der Waals surface area contributed by atoms with E-state index in [1.54, 1.807) is 0 Å². The molecule has 0 aromatic rings. The summed E-state index contributed by atoms with van der Waals surface area (Å²) in [5.74, 6) is 0. The molecule has 94 valence electrons. The van der Waals surface area contributed by atoms with Gasteiger partial charge in [0.1, 0.15) is 0 Å². The molecule has 0 aliphatic carbocycles. The van der Waals surface area contributed by atoms with E-state index in [1.165, 1.54) is 52.5 Å². The van der Waals surface area contributed by atoms with Gasteiger partial charge in [-0.3, -0.25) is 0 Å². The van der Waals surface area contributed by atoms with Gasteiger partial charge in [0.2, 0.25) is 0 Å². The first kappa shape index (κ1) is 18.7. The molecule has 0 spiro atoms. The van der Waals surface area contributed by atoms with Crippen LogP contribution in [0, 0.1) is 6.58 Å². The van der Waals surface area contributed by atoms with Crippen molar-refractivity contribution in [2.24, 2.45) is 0 Å². The molecule has 0 aliphatic rings. The average Bonchev–Trinajstić information content (AvgIpc) is 2.19. The molecule has 0 fully saturated rings. The van der Waals surface area contributed by atoms with Crippen LogP contribution in [0.1, 0.15) is 52.4 Å². The van der Waals surface area contributed by atoms with Crippen LogP contribution in [0.4, 0.5) is 0 Å². The SMILES string of the molecule is [CH-]=C([Se]CCCCC)[Se]CCCCC.[Cu+]. The zero-order valence-corrected chi connectivity index (χ0v) is 14.2. The molecule has 0 aromatic heterocycles. The second-order valence-electron chi connectivity index (χ2n) is 3.43. The number of unbranched alkanes of at least 4 members (excludes halogenated alkanes) is 4. The van der Waals surface area contributed by atoms with Crippen LogP contribution in [0.2, 0.25) is 10.6 Å². The Morgan fingerprint density at radius 3 is 1.60 bits per heavy atom. The van der Waals surface area contributed by atoms with Crippen molar-refractivity contribution < 1.29 is 17.1 Å². The number of rotatable bonds is 10. The predicted octanol–water partition coefficient (Wildman–Crippen LogP) is 3.88. The van der Waals surface area contributed by atoms with Crippen molar-refractivity contribution in [2.75, 3.05) is 0 Å². The first-order chi connectivity index (χ1) is 6.81. The Hall–Kier alpha value is 1.30. The summed E-state index contributed by atoms with van der Waals surface area (Å²) in [4.78, 5) is 0. The van der Waals surface area contributed by atoms with Gasteiger partial charge >= 0.3 is 120 Å². The van der Waals surface area contributed by atoms with Crippen molar-refractivity contribution in [1.82, 2.24) is 0 Å². The molecule has 0 saturated carbocycles. The smallest absolute Gasteiger partial charge is 1.00 e. The van der Waals surface area contributed by atoms with E-state index in [-0.39, 0.29) is 17.1 Å². The molecule has 3 heteroatoms. The molecule has 0 heterocycles. The van der Waals surface area contributed by atoms with Gasteiger partial charge in [-0.05, 0) is 0 Å². The maximum Gasteiger partial charge on any atom is 1.00 e. The quantitative estimate of drug-likeness (QED) is 0.303. The van der Waals surface area contributed by atoms with E-state index in [4.69, 9.17) is 6.58 Å². The Bertz CT molecular complexity index is 124. The minimum absolute atomic E-state index is 0. The summed E-state index contributed by atoms with van der Waals surface area (Å²) in [6, 6.07) is 0. The van der Waals surface area contributed by atoms with Crippen LogP contribution >= 0.6 is 0 Å². The topological polar surface area (TPSA) is 0 Å². The maximum atomic E-state index is 6.01. The molecular formula is C12H23CuSe2. The summed E-state index contributed by atoms with van der Waals surface area (Å²) in [6.45, 7) is 10.5. The van der Waals surface area contributed by atoms with Gasteiger partial charge in [0.15, 0.2) is 0 Å². The second kappa shape index (κ2) is 15.3. The van der Waals surface area contributed by atoms with Crippen molar-refractivity contribution in [3.63, 3.8) is 0 Å². The van der Waals surface area contributed by atoms with Crippen LogP contribution in [0.15, 0.2) is 3.37 Å². The minimum Gasteiger partial charge on any atom is 1.00 e. The zero-order chi connectivity index (χ0) is 10.6. The third kappa shape index (κ3) is 15.3. The molecule has 0 bridgehead atoms. The molecule has 0 radical (unpaired) electrons. The number of hydrogen-bond donors (Lipinski definition) is 0. The summed E-state index contributed by atoms with van der Waals surface area (Å²) >= 11 is 1.31. The third-order valence-electron chi connectivity index (χ3n) is 1.98. The van der Waals surface area contributed by atoms with Gasteiger partial charge in [-0.25, -0.2) is 0 Å². The Labute approximate surface area is 119 Å². The predicted molar refractivity (Wildman–Crippen MR) is 68.0 cm³/mol. The van der Waals surface area contributed by atoms with E-state index >= 15 is 0 Å². The van der Waals surface area contributed by atoms with E-state index in [2.05, 4.69) is 13.8 Å². The van der Waals surface area contributed by atoms with Gasteiger partial charge in [-0.15, -0.1) is 0 Å². The number of hydrogen-bond acceptors (Lipinski definition) is 0. The van der Waals surface area contributed by atoms with Crippen molar-refractivity contribution >= 4 is 29.9 Å². The van der Waals surface area contributed by atoms with Gasteiger partial charge < -0.3 is 0 Å². The Morgan fingerprint density at radius 2 is 1.27 bits per heavy atom. The Balaban J connectivity index is 0. The van der Waals surface area contributed by atoms with Crippen LogP contribution in [0.5, 0.6) is 0 Å². The van der Waals surface area contributed by atoms with Crippen LogP contribution in [-0.2, 0) is 17.1 Å². The largest absolute Gasteiger partial charge is 1.00 e. The van der Waals surface area contributed by atoms with Gasteiger partial charge in [0.25, 0.3) is 0 Å². The first-order valence-corrected chi connectivity index (χ1v) is 9.82. The van der Waals surface area contributed by atoms with Gasteiger partial charge in [-0.1, -0.05) is 0 Å². The Kier molecular flexibility index (Phi) is 19.0. The molecule has 0 saturated heterocycles. The van der Waals surface area contributed by atoms with Crippen molar-refractivity contribution in [2.45, 2.75) is 63.0 Å². The fraction of sp³-hybridized carbons (Fsp3) is 0.833. The van der Waals surface area contributed by atoms with E-state index in [1.807, 2.05) is 0 Å². The van der Waals surface area contributed by atoms with Gasteiger partial charge in [0, 0.05) is 0 Å². The average molecular weight is 389 g/mol. The van der Waals surface area contributed by atoms with Crippen molar-refractivity contribution in [3.8, 4) is 0 Å².